The fraction of sp³-hybridized carbons (Fsp3) is 0.192. The van der Waals surface area contributed by atoms with Gasteiger partial charge in [-0.3, -0.25) is 0 Å². The third kappa shape index (κ3) is 4.78. The highest BCUT2D eigenvalue weighted by molar-refractivity contribution is 5.69. The van der Waals surface area contributed by atoms with Crippen LogP contribution in [0.3, 0.4) is 0 Å². The molecule has 3 aromatic carbocycles. The van der Waals surface area contributed by atoms with E-state index in [0.29, 0.717) is 11.7 Å². The smallest absolute Gasteiger partial charge is 0.139 e. The summed E-state index contributed by atoms with van der Waals surface area (Å²) in [5, 5.41) is 3.67. The summed E-state index contributed by atoms with van der Waals surface area (Å²) in [6.45, 7) is 1.69. The maximum Gasteiger partial charge on any atom is 0.139 e. The second kappa shape index (κ2) is 9.42. The van der Waals surface area contributed by atoms with Crippen LogP contribution in [0.1, 0.15) is 34.2 Å². The van der Waals surface area contributed by atoms with Crippen LogP contribution in [-0.4, -0.2) is 24.7 Å². The highest BCUT2D eigenvalue weighted by atomic mass is 15.2. The Labute approximate surface area is 178 Å². The molecule has 0 amide bonds. The number of benzene rings is 3. The van der Waals surface area contributed by atoms with Gasteiger partial charge < -0.3 is 16.0 Å². The monoisotopic (exact) mass is 396 g/mol. The summed E-state index contributed by atoms with van der Waals surface area (Å²) in [5.74, 6) is 0.861. The summed E-state index contributed by atoms with van der Waals surface area (Å²) in [7, 11) is 2.03. The Balaban J connectivity index is 1.45. The first-order chi connectivity index (χ1) is 14.7. The van der Waals surface area contributed by atoms with Crippen molar-refractivity contribution >= 4 is 6.21 Å². The van der Waals surface area contributed by atoms with Crippen molar-refractivity contribution in [3.8, 4) is 0 Å². The Kier molecular flexibility index (Phi) is 6.26. The first-order valence-corrected chi connectivity index (χ1v) is 10.3. The molecule has 0 fully saturated rings. The SMILES string of the molecule is CN1C=C(N)N=CC1c1cccc(CNCC(c2ccccc2)c2ccccc2)c1. The van der Waals surface area contributed by atoms with Gasteiger partial charge in [0, 0.05) is 38.5 Å². The molecular weight excluding hydrogens is 368 g/mol. The van der Waals surface area contributed by atoms with Crippen LogP contribution in [-0.2, 0) is 6.54 Å². The lowest BCUT2D eigenvalue weighted by atomic mass is 9.91. The number of nitrogens with zero attached hydrogens (tertiary/aromatic N) is 2. The van der Waals surface area contributed by atoms with Gasteiger partial charge in [-0.15, -0.1) is 0 Å². The first kappa shape index (κ1) is 19.9. The third-order valence-corrected chi connectivity index (χ3v) is 5.51. The van der Waals surface area contributed by atoms with Crippen molar-refractivity contribution in [3.05, 3.63) is 119 Å². The van der Waals surface area contributed by atoms with E-state index in [2.05, 4.69) is 100 Å². The van der Waals surface area contributed by atoms with Gasteiger partial charge in [0.25, 0.3) is 0 Å². The number of hydrogen-bond acceptors (Lipinski definition) is 4. The molecule has 4 nitrogen and oxygen atoms in total. The average Bonchev–Trinajstić information content (AvgIpc) is 2.78. The normalized spacial score (nSPS) is 16.0. The van der Waals surface area contributed by atoms with Crippen LogP contribution in [0.4, 0.5) is 0 Å². The van der Waals surface area contributed by atoms with Crippen LogP contribution < -0.4 is 11.1 Å². The summed E-state index contributed by atoms with van der Waals surface area (Å²) in [6, 6.07) is 30.2. The molecule has 3 N–H and O–H groups in total. The third-order valence-electron chi connectivity index (χ3n) is 5.51. The zero-order chi connectivity index (χ0) is 20.8. The predicted molar refractivity (Wildman–Crippen MR) is 124 cm³/mol. The van der Waals surface area contributed by atoms with Crippen LogP contribution in [0.25, 0.3) is 0 Å². The average molecular weight is 397 g/mol. The van der Waals surface area contributed by atoms with Gasteiger partial charge in [-0.05, 0) is 22.3 Å². The molecule has 0 radical (unpaired) electrons. The van der Waals surface area contributed by atoms with Crippen molar-refractivity contribution in [2.75, 3.05) is 13.6 Å². The van der Waals surface area contributed by atoms with Crippen LogP contribution in [0.5, 0.6) is 0 Å². The van der Waals surface area contributed by atoms with Gasteiger partial charge in [-0.1, -0.05) is 84.9 Å². The predicted octanol–water partition coefficient (Wildman–Crippen LogP) is 4.42. The Morgan fingerprint density at radius 3 is 2.23 bits per heavy atom. The molecule has 30 heavy (non-hydrogen) atoms. The van der Waals surface area contributed by atoms with Crippen LogP contribution in [0, 0.1) is 0 Å². The highest BCUT2D eigenvalue weighted by Gasteiger charge is 2.17. The first-order valence-electron chi connectivity index (χ1n) is 10.3. The van der Waals surface area contributed by atoms with Crippen LogP contribution in [0.15, 0.2) is 102 Å². The van der Waals surface area contributed by atoms with Gasteiger partial charge >= 0.3 is 0 Å². The molecule has 0 aromatic heterocycles. The van der Waals surface area contributed by atoms with E-state index in [1.807, 2.05) is 19.5 Å². The summed E-state index contributed by atoms with van der Waals surface area (Å²) >= 11 is 0. The fourth-order valence-electron chi connectivity index (χ4n) is 3.95. The Morgan fingerprint density at radius 2 is 1.60 bits per heavy atom. The van der Waals surface area contributed by atoms with Crippen molar-refractivity contribution in [2.24, 2.45) is 10.7 Å². The maximum absolute atomic E-state index is 5.80. The molecule has 3 aromatic rings. The molecule has 4 rings (SSSR count). The quantitative estimate of drug-likeness (QED) is 0.621. The molecular formula is C26H28N4. The van der Waals surface area contributed by atoms with Crippen LogP contribution in [0.2, 0.25) is 0 Å². The molecule has 0 saturated carbocycles. The zero-order valence-corrected chi connectivity index (χ0v) is 17.3. The summed E-state index contributed by atoms with van der Waals surface area (Å²) in [4.78, 5) is 6.37. The van der Waals surface area contributed by atoms with Gasteiger partial charge in [-0.2, -0.15) is 0 Å². The van der Waals surface area contributed by atoms with Crippen molar-refractivity contribution in [3.63, 3.8) is 0 Å². The lowest BCUT2D eigenvalue weighted by Crippen LogP contribution is -2.25. The Morgan fingerprint density at radius 1 is 0.933 bits per heavy atom. The van der Waals surface area contributed by atoms with Gasteiger partial charge in [0.1, 0.15) is 5.82 Å². The molecule has 1 aliphatic heterocycles. The van der Waals surface area contributed by atoms with E-state index in [9.17, 15) is 0 Å². The summed E-state index contributed by atoms with van der Waals surface area (Å²) < 4.78 is 0. The molecule has 1 atom stereocenters. The Bertz CT molecular complexity index is 972. The van der Waals surface area contributed by atoms with Gasteiger partial charge in [0.15, 0.2) is 0 Å². The lowest BCUT2D eigenvalue weighted by molar-refractivity contribution is 0.409. The van der Waals surface area contributed by atoms with Crippen molar-refractivity contribution < 1.29 is 0 Å². The van der Waals surface area contributed by atoms with E-state index < -0.39 is 0 Å². The van der Waals surface area contributed by atoms with E-state index in [0.717, 1.165) is 13.1 Å². The largest absolute Gasteiger partial charge is 0.383 e. The summed E-state index contributed by atoms with van der Waals surface area (Å²) in [5.41, 5.74) is 10.9. The van der Waals surface area contributed by atoms with Crippen molar-refractivity contribution in [1.82, 2.24) is 10.2 Å². The Hall–Kier alpha value is -3.37. The highest BCUT2D eigenvalue weighted by Crippen LogP contribution is 2.25. The number of rotatable bonds is 7. The molecule has 0 aliphatic carbocycles. The maximum atomic E-state index is 5.80. The van der Waals surface area contributed by atoms with Crippen molar-refractivity contribution in [1.29, 1.82) is 0 Å². The molecule has 1 unspecified atom stereocenters. The van der Waals surface area contributed by atoms with Gasteiger partial charge in [0.05, 0.1) is 6.04 Å². The second-order valence-electron chi connectivity index (χ2n) is 7.69. The van der Waals surface area contributed by atoms with E-state index in [1.54, 1.807) is 0 Å². The van der Waals surface area contributed by atoms with E-state index in [4.69, 9.17) is 5.73 Å². The minimum atomic E-state index is 0.110. The molecule has 4 heteroatoms. The van der Waals surface area contributed by atoms with E-state index >= 15 is 0 Å². The van der Waals surface area contributed by atoms with Crippen LogP contribution >= 0.6 is 0 Å². The minimum absolute atomic E-state index is 0.110. The topological polar surface area (TPSA) is 53.6 Å². The van der Waals surface area contributed by atoms with Crippen molar-refractivity contribution in [2.45, 2.75) is 18.5 Å². The molecule has 152 valence electrons. The van der Waals surface area contributed by atoms with Gasteiger partial charge in [0.2, 0.25) is 0 Å². The number of aliphatic imine (C=N–C) groups is 1. The zero-order valence-electron chi connectivity index (χ0n) is 17.3. The lowest BCUT2D eigenvalue weighted by Gasteiger charge is -2.27. The molecule has 1 heterocycles. The standard InChI is InChI=1S/C26H28N4/c1-30-19-26(27)29-18-25(30)23-14-8-9-20(15-23)16-28-17-24(21-10-4-2-5-11-21)22-12-6-3-7-13-22/h2-15,18-19,24-25,28H,16-17,27H2,1H3. The van der Waals surface area contributed by atoms with Gasteiger partial charge in [-0.25, -0.2) is 4.99 Å². The molecule has 0 saturated heterocycles. The van der Waals surface area contributed by atoms with E-state index in [1.165, 1.54) is 22.3 Å². The molecule has 1 aliphatic rings. The molecule has 0 bridgehead atoms. The molecule has 0 spiro atoms. The van der Waals surface area contributed by atoms with E-state index in [-0.39, 0.29) is 6.04 Å². The fourth-order valence-corrected chi connectivity index (χ4v) is 3.95. The second-order valence-corrected chi connectivity index (χ2v) is 7.69. The summed E-state index contributed by atoms with van der Waals surface area (Å²) in [6.07, 6.45) is 3.78. The number of nitrogens with two attached hydrogens (primary N) is 1. The number of hydrogen-bond donors (Lipinski definition) is 2. The minimum Gasteiger partial charge on any atom is -0.383 e. The number of nitrogens with one attached hydrogen (secondary N) is 1.